The van der Waals surface area contributed by atoms with Crippen molar-refractivity contribution in [1.82, 2.24) is 24.1 Å². The first-order valence-electron chi connectivity index (χ1n) is 10.4. The Bertz CT molecular complexity index is 1260. The summed E-state index contributed by atoms with van der Waals surface area (Å²) in [7, 11) is 1.62. The molecule has 0 radical (unpaired) electrons. The molecule has 160 valence electrons. The summed E-state index contributed by atoms with van der Waals surface area (Å²) in [5.74, 6) is 1.18. The van der Waals surface area contributed by atoms with E-state index in [-0.39, 0.29) is 17.2 Å². The molecule has 31 heavy (non-hydrogen) atoms. The van der Waals surface area contributed by atoms with Crippen LogP contribution in [-0.4, -0.2) is 68.4 Å². The number of amides is 1. The maximum atomic E-state index is 13.1. The zero-order valence-electron chi connectivity index (χ0n) is 17.2. The molecule has 6 rings (SSSR count). The lowest BCUT2D eigenvalue weighted by molar-refractivity contribution is -0.0376. The van der Waals surface area contributed by atoms with Crippen LogP contribution in [0.3, 0.4) is 0 Å². The van der Waals surface area contributed by atoms with Gasteiger partial charge in [-0.3, -0.25) is 9.20 Å². The first-order valence-corrected chi connectivity index (χ1v) is 10.4. The first kappa shape index (κ1) is 18.4. The number of carbonyl (C=O) groups excluding carboxylic acids is 1. The van der Waals surface area contributed by atoms with Crippen molar-refractivity contribution >= 4 is 23.1 Å². The van der Waals surface area contributed by atoms with Gasteiger partial charge in [-0.05, 0) is 25.0 Å². The fourth-order valence-corrected chi connectivity index (χ4v) is 4.35. The Balaban J connectivity index is 1.31. The smallest absolute Gasteiger partial charge is 0.350 e. The number of hydrogen-bond donors (Lipinski definition) is 0. The van der Waals surface area contributed by atoms with Gasteiger partial charge in [0.15, 0.2) is 17.2 Å². The molecule has 3 aromatic heterocycles. The number of nitrogens with zero attached hydrogens (tertiary/aromatic N) is 6. The van der Waals surface area contributed by atoms with Crippen LogP contribution in [0.1, 0.15) is 23.2 Å². The molecule has 10 heteroatoms. The van der Waals surface area contributed by atoms with E-state index in [1.54, 1.807) is 25.5 Å². The maximum absolute atomic E-state index is 13.1. The predicted molar refractivity (Wildman–Crippen MR) is 111 cm³/mol. The van der Waals surface area contributed by atoms with Gasteiger partial charge in [-0.15, -0.1) is 0 Å². The largest absolute Gasteiger partial charge is 0.488 e. The highest BCUT2D eigenvalue weighted by atomic mass is 16.5. The molecule has 1 aliphatic carbocycles. The highest BCUT2D eigenvalue weighted by Crippen LogP contribution is 2.42. The van der Waals surface area contributed by atoms with Gasteiger partial charge in [0.05, 0.1) is 30.9 Å². The summed E-state index contributed by atoms with van der Waals surface area (Å²) >= 11 is 0. The third-order valence-electron chi connectivity index (χ3n) is 6.22. The molecule has 0 atom stereocenters. The van der Waals surface area contributed by atoms with Crippen LogP contribution in [0.15, 0.2) is 35.4 Å². The van der Waals surface area contributed by atoms with E-state index in [2.05, 4.69) is 10.1 Å². The summed E-state index contributed by atoms with van der Waals surface area (Å²) in [5.41, 5.74) is 1.63. The topological polar surface area (TPSA) is 94.2 Å². The standard InChI is InChI=1S/C21H22N6O4/c1-24-20(29)27-5-2-15(11-17(27)23-24)26-7-8-30-16-10-14(12-22-18(16)26)19(28)25-6-9-31-21(13-25)3-4-21/h2,5,10-12H,3-4,6-9,13H2,1H3. The molecule has 3 aliphatic rings. The molecular formula is C21H22N6O4. The number of hydrogen-bond acceptors (Lipinski definition) is 7. The van der Waals surface area contributed by atoms with Crippen molar-refractivity contribution in [3.63, 3.8) is 0 Å². The van der Waals surface area contributed by atoms with E-state index < -0.39 is 0 Å². The van der Waals surface area contributed by atoms with Crippen molar-refractivity contribution < 1.29 is 14.3 Å². The molecule has 1 amide bonds. The van der Waals surface area contributed by atoms with Crippen LogP contribution in [0, 0.1) is 0 Å². The van der Waals surface area contributed by atoms with E-state index >= 15 is 0 Å². The van der Waals surface area contributed by atoms with Gasteiger partial charge in [-0.2, -0.15) is 5.10 Å². The van der Waals surface area contributed by atoms with Gasteiger partial charge in [0, 0.05) is 37.7 Å². The number of rotatable bonds is 2. The van der Waals surface area contributed by atoms with Gasteiger partial charge >= 0.3 is 5.69 Å². The third kappa shape index (κ3) is 2.97. The SMILES string of the molecule is Cn1nc2cc(N3CCOc4cc(C(=O)N5CCOC6(CC6)C5)cnc43)ccn2c1=O. The summed E-state index contributed by atoms with van der Waals surface area (Å²) < 4.78 is 14.5. The molecule has 5 heterocycles. The minimum absolute atomic E-state index is 0.0418. The molecule has 1 saturated heterocycles. The summed E-state index contributed by atoms with van der Waals surface area (Å²) in [5, 5.41) is 4.26. The number of aryl methyl sites for hydroxylation is 1. The van der Waals surface area contributed by atoms with E-state index in [9.17, 15) is 9.59 Å². The predicted octanol–water partition coefficient (Wildman–Crippen LogP) is 0.963. The second-order valence-electron chi connectivity index (χ2n) is 8.32. The Morgan fingerprint density at radius 3 is 2.90 bits per heavy atom. The molecule has 2 fully saturated rings. The van der Waals surface area contributed by atoms with Gasteiger partial charge in [0.2, 0.25) is 0 Å². The van der Waals surface area contributed by atoms with Crippen LogP contribution in [0.25, 0.3) is 5.65 Å². The van der Waals surface area contributed by atoms with E-state index in [0.29, 0.717) is 55.6 Å². The van der Waals surface area contributed by atoms with Crippen LogP contribution >= 0.6 is 0 Å². The number of fused-ring (bicyclic) bond motifs is 2. The number of morpholine rings is 1. The van der Waals surface area contributed by atoms with Crippen LogP contribution < -0.4 is 15.3 Å². The van der Waals surface area contributed by atoms with Crippen molar-refractivity contribution in [2.24, 2.45) is 7.05 Å². The van der Waals surface area contributed by atoms with Crippen molar-refractivity contribution in [3.05, 3.63) is 46.6 Å². The lowest BCUT2D eigenvalue weighted by Crippen LogP contribution is -2.47. The lowest BCUT2D eigenvalue weighted by Gasteiger charge is -2.34. The molecule has 0 bridgehead atoms. The number of carbonyl (C=O) groups is 1. The van der Waals surface area contributed by atoms with Crippen LogP contribution in [0.2, 0.25) is 0 Å². The zero-order valence-corrected chi connectivity index (χ0v) is 17.2. The molecule has 3 aromatic rings. The Hall–Kier alpha value is -3.40. The summed E-state index contributed by atoms with van der Waals surface area (Å²) in [6, 6.07) is 5.48. The number of anilines is 2. The van der Waals surface area contributed by atoms with Gasteiger partial charge in [0.1, 0.15) is 6.61 Å². The van der Waals surface area contributed by atoms with Gasteiger partial charge in [0.25, 0.3) is 5.91 Å². The summed E-state index contributed by atoms with van der Waals surface area (Å²) in [6.07, 6.45) is 5.36. The molecule has 0 aromatic carbocycles. The molecule has 2 aliphatic heterocycles. The van der Waals surface area contributed by atoms with E-state index in [1.165, 1.54) is 9.08 Å². The van der Waals surface area contributed by atoms with Gasteiger partial charge in [-0.25, -0.2) is 14.5 Å². The van der Waals surface area contributed by atoms with Crippen LogP contribution in [0.4, 0.5) is 11.5 Å². The lowest BCUT2D eigenvalue weighted by atomic mass is 10.1. The minimum Gasteiger partial charge on any atom is -0.488 e. The molecule has 0 N–H and O–H groups in total. The normalized spacial score (nSPS) is 19.4. The number of ether oxygens (including phenoxy) is 2. The highest BCUT2D eigenvalue weighted by molar-refractivity contribution is 5.95. The average molecular weight is 422 g/mol. The second kappa shape index (κ2) is 6.55. The van der Waals surface area contributed by atoms with Crippen LogP contribution in [-0.2, 0) is 11.8 Å². The van der Waals surface area contributed by atoms with Crippen molar-refractivity contribution in [1.29, 1.82) is 0 Å². The number of aromatic nitrogens is 4. The average Bonchev–Trinajstić information content (AvgIpc) is 3.48. The van der Waals surface area contributed by atoms with E-state index in [0.717, 1.165) is 18.5 Å². The summed E-state index contributed by atoms with van der Waals surface area (Å²) in [4.78, 5) is 33.6. The highest BCUT2D eigenvalue weighted by Gasteiger charge is 2.48. The van der Waals surface area contributed by atoms with Crippen molar-refractivity contribution in [2.75, 3.05) is 37.7 Å². The minimum atomic E-state index is -0.193. The quantitative estimate of drug-likeness (QED) is 0.607. The number of pyridine rings is 2. The Kier molecular flexibility index (Phi) is 3.88. The monoisotopic (exact) mass is 422 g/mol. The maximum Gasteiger partial charge on any atom is 0.350 e. The van der Waals surface area contributed by atoms with Gasteiger partial charge in [-0.1, -0.05) is 0 Å². The van der Waals surface area contributed by atoms with Gasteiger partial charge < -0.3 is 19.3 Å². The molecular weight excluding hydrogens is 400 g/mol. The zero-order chi connectivity index (χ0) is 21.2. The second-order valence-corrected chi connectivity index (χ2v) is 8.32. The fraction of sp³-hybridized carbons (Fsp3) is 0.429. The molecule has 0 unspecified atom stereocenters. The fourth-order valence-electron chi connectivity index (χ4n) is 4.35. The Labute approximate surface area is 177 Å². The Morgan fingerprint density at radius 2 is 2.06 bits per heavy atom. The van der Waals surface area contributed by atoms with Crippen molar-refractivity contribution in [2.45, 2.75) is 18.4 Å². The van der Waals surface area contributed by atoms with Crippen LogP contribution in [0.5, 0.6) is 5.75 Å². The molecule has 1 saturated carbocycles. The third-order valence-corrected chi connectivity index (χ3v) is 6.22. The van der Waals surface area contributed by atoms with E-state index in [1.807, 2.05) is 21.9 Å². The summed E-state index contributed by atoms with van der Waals surface area (Å²) in [6.45, 7) is 2.88. The Morgan fingerprint density at radius 1 is 1.19 bits per heavy atom. The first-order chi connectivity index (χ1) is 15.0. The van der Waals surface area contributed by atoms with E-state index in [4.69, 9.17) is 9.47 Å². The molecule has 1 spiro atoms. The molecule has 10 nitrogen and oxygen atoms in total. The van der Waals surface area contributed by atoms with Crippen molar-refractivity contribution in [3.8, 4) is 5.75 Å².